The summed E-state index contributed by atoms with van der Waals surface area (Å²) in [7, 11) is 0. The number of carbonyl (C=O) groups excluding carboxylic acids is 1. The molecule has 3 atom stereocenters. The van der Waals surface area contributed by atoms with Gasteiger partial charge in [-0.3, -0.25) is 0 Å². The summed E-state index contributed by atoms with van der Waals surface area (Å²) in [5.41, 5.74) is 0. The number of amides is 2. The summed E-state index contributed by atoms with van der Waals surface area (Å²) in [6.45, 7) is 3.81. The Morgan fingerprint density at radius 2 is 2.13 bits per heavy atom. The molecule has 0 bridgehead atoms. The molecule has 0 aromatic rings. The van der Waals surface area contributed by atoms with Crippen LogP contribution in [0.5, 0.6) is 0 Å². The first-order valence-corrected chi connectivity index (χ1v) is 5.38. The van der Waals surface area contributed by atoms with E-state index in [9.17, 15) is 9.59 Å². The van der Waals surface area contributed by atoms with Crippen LogP contribution in [0, 0.1) is 5.92 Å². The Labute approximate surface area is 89.2 Å². The number of hydrogen-bond donors (Lipinski definition) is 3. The number of carbonyl (C=O) groups is 2. The molecule has 0 aromatic carbocycles. The van der Waals surface area contributed by atoms with Gasteiger partial charge < -0.3 is 15.7 Å². The zero-order chi connectivity index (χ0) is 11.4. The van der Waals surface area contributed by atoms with E-state index in [1.807, 2.05) is 0 Å². The average molecular weight is 214 g/mol. The highest BCUT2D eigenvalue weighted by atomic mass is 16.4. The topological polar surface area (TPSA) is 78.4 Å². The van der Waals surface area contributed by atoms with Gasteiger partial charge in [-0.2, -0.15) is 0 Å². The predicted molar refractivity (Wildman–Crippen MR) is 55.6 cm³/mol. The van der Waals surface area contributed by atoms with Crippen molar-refractivity contribution in [3.8, 4) is 0 Å². The van der Waals surface area contributed by atoms with E-state index in [1.54, 1.807) is 6.92 Å². The summed E-state index contributed by atoms with van der Waals surface area (Å²) in [5, 5.41) is 13.9. The Kier molecular flexibility index (Phi) is 3.94. The number of hydrogen-bond acceptors (Lipinski definition) is 2. The lowest BCUT2D eigenvalue weighted by molar-refractivity contribution is -0.139. The van der Waals surface area contributed by atoms with Gasteiger partial charge in [0.25, 0.3) is 0 Å². The van der Waals surface area contributed by atoms with Gasteiger partial charge in [-0.05, 0) is 18.8 Å². The van der Waals surface area contributed by atoms with Gasteiger partial charge in [0.1, 0.15) is 6.04 Å². The Morgan fingerprint density at radius 3 is 2.53 bits per heavy atom. The smallest absolute Gasteiger partial charge is 0.326 e. The van der Waals surface area contributed by atoms with Gasteiger partial charge in [0, 0.05) is 6.04 Å². The third-order valence-corrected chi connectivity index (χ3v) is 2.78. The van der Waals surface area contributed by atoms with E-state index < -0.39 is 12.0 Å². The first-order chi connectivity index (χ1) is 7.08. The van der Waals surface area contributed by atoms with Crippen molar-refractivity contribution in [1.82, 2.24) is 10.6 Å². The van der Waals surface area contributed by atoms with Crippen molar-refractivity contribution in [3.63, 3.8) is 0 Å². The highest BCUT2D eigenvalue weighted by Gasteiger charge is 2.36. The van der Waals surface area contributed by atoms with Crippen LogP contribution in [0.3, 0.4) is 0 Å². The Balaban J connectivity index is 2.26. The van der Waals surface area contributed by atoms with Crippen LogP contribution < -0.4 is 10.6 Å². The Hall–Kier alpha value is -1.26. The molecule has 0 heterocycles. The number of aliphatic carboxylic acids is 1. The zero-order valence-electron chi connectivity index (χ0n) is 9.12. The highest BCUT2D eigenvalue weighted by Crippen LogP contribution is 2.32. The first-order valence-electron chi connectivity index (χ1n) is 5.38. The largest absolute Gasteiger partial charge is 0.480 e. The lowest BCUT2D eigenvalue weighted by Crippen LogP contribution is -2.46. The van der Waals surface area contributed by atoms with E-state index in [4.69, 9.17) is 5.11 Å². The molecule has 1 fully saturated rings. The fraction of sp³-hybridized carbons (Fsp3) is 0.800. The third kappa shape index (κ3) is 3.42. The van der Waals surface area contributed by atoms with Crippen molar-refractivity contribution in [2.24, 2.45) is 5.92 Å². The monoisotopic (exact) mass is 214 g/mol. The van der Waals surface area contributed by atoms with Gasteiger partial charge in [0.05, 0.1) is 0 Å². The fourth-order valence-corrected chi connectivity index (χ4v) is 1.58. The van der Waals surface area contributed by atoms with Gasteiger partial charge in [-0.1, -0.05) is 20.3 Å². The summed E-state index contributed by atoms with van der Waals surface area (Å²) in [6, 6.07) is -0.921. The second kappa shape index (κ2) is 5.00. The lowest BCUT2D eigenvalue weighted by Gasteiger charge is -2.12. The zero-order valence-corrected chi connectivity index (χ0v) is 9.12. The molecule has 86 valence electrons. The van der Waals surface area contributed by atoms with Crippen molar-refractivity contribution in [2.75, 3.05) is 0 Å². The van der Waals surface area contributed by atoms with Crippen molar-refractivity contribution < 1.29 is 14.7 Å². The minimum atomic E-state index is -0.990. The maximum Gasteiger partial charge on any atom is 0.326 e. The molecule has 1 rings (SSSR count). The molecule has 1 aliphatic rings. The van der Waals surface area contributed by atoms with Crippen molar-refractivity contribution in [2.45, 2.75) is 45.2 Å². The number of carboxylic acid groups (broad SMARTS) is 1. The molecule has 15 heavy (non-hydrogen) atoms. The summed E-state index contributed by atoms with van der Waals surface area (Å²) in [4.78, 5) is 22.0. The summed E-state index contributed by atoms with van der Waals surface area (Å²) in [6.07, 6.45) is 2.46. The first kappa shape index (κ1) is 11.8. The number of urea groups is 1. The van der Waals surface area contributed by atoms with Gasteiger partial charge in [0.15, 0.2) is 0 Å². The van der Waals surface area contributed by atoms with E-state index in [1.165, 1.54) is 0 Å². The van der Waals surface area contributed by atoms with Crippen LogP contribution in [-0.4, -0.2) is 29.2 Å². The van der Waals surface area contributed by atoms with E-state index >= 15 is 0 Å². The van der Waals surface area contributed by atoms with Crippen LogP contribution in [0.15, 0.2) is 0 Å². The van der Waals surface area contributed by atoms with Crippen molar-refractivity contribution >= 4 is 12.0 Å². The molecule has 0 radical (unpaired) electrons. The van der Waals surface area contributed by atoms with Crippen LogP contribution in [0.25, 0.3) is 0 Å². The van der Waals surface area contributed by atoms with Crippen LogP contribution >= 0.6 is 0 Å². The van der Waals surface area contributed by atoms with Crippen molar-refractivity contribution in [3.05, 3.63) is 0 Å². The van der Waals surface area contributed by atoms with Gasteiger partial charge in [0.2, 0.25) is 0 Å². The molecule has 2 unspecified atom stereocenters. The number of nitrogens with one attached hydrogen (secondary N) is 2. The molecular formula is C10H18N2O3. The Morgan fingerprint density at radius 1 is 1.47 bits per heavy atom. The summed E-state index contributed by atoms with van der Waals surface area (Å²) < 4.78 is 0. The third-order valence-electron chi connectivity index (χ3n) is 2.78. The molecule has 5 heteroatoms. The van der Waals surface area contributed by atoms with E-state index in [0.717, 1.165) is 12.8 Å². The maximum absolute atomic E-state index is 11.3. The molecule has 3 N–H and O–H groups in total. The lowest BCUT2D eigenvalue weighted by atomic mass is 10.2. The average Bonchev–Trinajstić information content (AvgIpc) is 2.92. The van der Waals surface area contributed by atoms with Crippen molar-refractivity contribution in [1.29, 1.82) is 0 Å². The quantitative estimate of drug-likeness (QED) is 0.637. The standard InChI is InChI=1S/C10H18N2O3/c1-3-6-5-8(6)12-10(15)11-7(4-2)9(13)14/h6-8H,3-5H2,1-2H3,(H,13,14)(H2,11,12,15)/t6?,7-,8?/m1/s1. The summed E-state index contributed by atoms with van der Waals surface area (Å²) >= 11 is 0. The number of carboxylic acids is 1. The molecule has 0 spiro atoms. The molecule has 2 amide bonds. The Bertz CT molecular complexity index is 255. The minimum absolute atomic E-state index is 0.237. The second-order valence-electron chi connectivity index (χ2n) is 3.93. The van der Waals surface area contributed by atoms with Crippen LogP contribution in [-0.2, 0) is 4.79 Å². The normalized spacial score (nSPS) is 25.5. The van der Waals surface area contributed by atoms with E-state index in [0.29, 0.717) is 12.3 Å². The maximum atomic E-state index is 11.3. The predicted octanol–water partition coefficient (Wildman–Crippen LogP) is 0.947. The molecule has 0 aliphatic heterocycles. The molecule has 1 saturated carbocycles. The minimum Gasteiger partial charge on any atom is -0.480 e. The van der Waals surface area contributed by atoms with E-state index in [-0.39, 0.29) is 12.1 Å². The molecular weight excluding hydrogens is 196 g/mol. The highest BCUT2D eigenvalue weighted by molar-refractivity contribution is 5.82. The molecule has 5 nitrogen and oxygen atoms in total. The SMILES string of the molecule is CCC1CC1NC(=O)N[C@H](CC)C(=O)O. The van der Waals surface area contributed by atoms with E-state index in [2.05, 4.69) is 17.6 Å². The van der Waals surface area contributed by atoms with Crippen LogP contribution in [0.2, 0.25) is 0 Å². The number of rotatable bonds is 5. The van der Waals surface area contributed by atoms with Crippen LogP contribution in [0.4, 0.5) is 4.79 Å². The van der Waals surface area contributed by atoms with Gasteiger partial charge in [-0.15, -0.1) is 0 Å². The molecule has 1 aliphatic carbocycles. The van der Waals surface area contributed by atoms with Gasteiger partial charge >= 0.3 is 12.0 Å². The second-order valence-corrected chi connectivity index (χ2v) is 3.93. The van der Waals surface area contributed by atoms with Crippen LogP contribution in [0.1, 0.15) is 33.1 Å². The summed E-state index contributed by atoms with van der Waals surface area (Å²) in [5.74, 6) is -0.420. The molecule has 0 saturated heterocycles. The van der Waals surface area contributed by atoms with Gasteiger partial charge in [-0.25, -0.2) is 9.59 Å². The fourth-order valence-electron chi connectivity index (χ4n) is 1.58. The molecule has 0 aromatic heterocycles.